The third-order valence-electron chi connectivity index (χ3n) is 4.42. The Morgan fingerprint density at radius 1 is 1.03 bits per heavy atom. The Labute approximate surface area is 177 Å². The highest BCUT2D eigenvalue weighted by molar-refractivity contribution is 8.13. The van der Waals surface area contributed by atoms with Crippen LogP contribution in [0.3, 0.4) is 0 Å². The molecule has 0 spiro atoms. The van der Waals surface area contributed by atoms with Gasteiger partial charge < -0.3 is 19.7 Å². The average Bonchev–Trinajstić information content (AvgIpc) is 3.13. The Balaban J connectivity index is 1.39. The van der Waals surface area contributed by atoms with Gasteiger partial charge in [0.2, 0.25) is 5.91 Å². The van der Waals surface area contributed by atoms with Gasteiger partial charge in [-0.3, -0.25) is 14.3 Å². The van der Waals surface area contributed by atoms with Crippen molar-refractivity contribution in [2.75, 3.05) is 42.1 Å². The summed E-state index contributed by atoms with van der Waals surface area (Å²) in [5.74, 6) is 1.27. The normalized spacial score (nSPS) is 15.7. The van der Waals surface area contributed by atoms with Crippen molar-refractivity contribution in [2.24, 2.45) is 0 Å². The van der Waals surface area contributed by atoms with Gasteiger partial charge in [0.15, 0.2) is 11.5 Å². The monoisotopic (exact) mass is 449 g/mol. The van der Waals surface area contributed by atoms with Crippen molar-refractivity contribution in [3.8, 4) is 11.5 Å². The summed E-state index contributed by atoms with van der Waals surface area (Å²) < 4.78 is 38.6. The van der Waals surface area contributed by atoms with E-state index in [2.05, 4.69) is 10.0 Å². The van der Waals surface area contributed by atoms with Gasteiger partial charge in [-0.1, -0.05) is 11.8 Å². The molecule has 0 aromatic heterocycles. The number of sulfonamides is 1. The van der Waals surface area contributed by atoms with Gasteiger partial charge in [-0.25, -0.2) is 8.42 Å². The first-order valence-corrected chi connectivity index (χ1v) is 11.6. The molecule has 1 fully saturated rings. The van der Waals surface area contributed by atoms with Crippen LogP contribution in [0.25, 0.3) is 0 Å². The Bertz CT molecular complexity index is 1070. The molecule has 0 radical (unpaired) electrons. The summed E-state index contributed by atoms with van der Waals surface area (Å²) in [5.41, 5.74) is 0.843. The molecule has 0 unspecified atom stereocenters. The first-order valence-electron chi connectivity index (χ1n) is 9.15. The molecule has 11 heteroatoms. The highest BCUT2D eigenvalue weighted by Crippen LogP contribution is 2.32. The van der Waals surface area contributed by atoms with E-state index in [4.69, 9.17) is 9.47 Å². The maximum atomic E-state index is 12.7. The smallest absolute Gasteiger partial charge is 0.282 e. The van der Waals surface area contributed by atoms with Crippen LogP contribution in [0, 0.1) is 0 Å². The fourth-order valence-corrected chi connectivity index (χ4v) is 4.87. The Morgan fingerprint density at radius 3 is 2.43 bits per heavy atom. The van der Waals surface area contributed by atoms with E-state index in [9.17, 15) is 18.0 Å². The SMILES string of the molecule is O=C(CN1CCSC1=O)Nc1ccc(NS(=O)(=O)c2ccc3c(c2)OCCO3)cc1. The lowest BCUT2D eigenvalue weighted by atomic mass is 10.3. The number of thioether (sulfide) groups is 1. The third kappa shape index (κ3) is 4.62. The molecule has 30 heavy (non-hydrogen) atoms. The molecule has 158 valence electrons. The van der Waals surface area contributed by atoms with Crippen molar-refractivity contribution < 1.29 is 27.5 Å². The fourth-order valence-electron chi connectivity index (χ4n) is 2.97. The number of nitrogens with zero attached hydrogens (tertiary/aromatic N) is 1. The molecular weight excluding hydrogens is 430 g/mol. The number of fused-ring (bicyclic) bond motifs is 1. The predicted molar refractivity (Wildman–Crippen MR) is 113 cm³/mol. The largest absolute Gasteiger partial charge is 0.486 e. The van der Waals surface area contributed by atoms with Crippen LogP contribution in [0.1, 0.15) is 0 Å². The minimum Gasteiger partial charge on any atom is -0.486 e. The zero-order valence-corrected chi connectivity index (χ0v) is 17.4. The maximum absolute atomic E-state index is 12.7. The number of carbonyl (C=O) groups excluding carboxylic acids is 2. The highest BCUT2D eigenvalue weighted by atomic mass is 32.2. The molecule has 9 nitrogen and oxygen atoms in total. The molecule has 2 amide bonds. The van der Waals surface area contributed by atoms with Gasteiger partial charge in [0.1, 0.15) is 19.8 Å². The Kier molecular flexibility index (Phi) is 5.73. The van der Waals surface area contributed by atoms with E-state index in [1.54, 1.807) is 30.3 Å². The lowest BCUT2D eigenvalue weighted by molar-refractivity contribution is -0.116. The fraction of sp³-hybridized carbons (Fsp3) is 0.263. The van der Waals surface area contributed by atoms with Crippen molar-refractivity contribution in [3.05, 3.63) is 42.5 Å². The van der Waals surface area contributed by atoms with Crippen LogP contribution in [0.4, 0.5) is 16.2 Å². The highest BCUT2D eigenvalue weighted by Gasteiger charge is 2.23. The minimum atomic E-state index is -3.82. The number of ether oxygens (including phenoxy) is 2. The van der Waals surface area contributed by atoms with Gasteiger partial charge in [-0.2, -0.15) is 0 Å². The predicted octanol–water partition coefficient (Wildman–Crippen LogP) is 2.37. The molecule has 2 aromatic rings. The molecule has 2 N–H and O–H groups in total. The topological polar surface area (TPSA) is 114 Å². The molecule has 2 heterocycles. The molecule has 0 bridgehead atoms. The van der Waals surface area contributed by atoms with E-state index < -0.39 is 10.0 Å². The standard InChI is InChI=1S/C19H19N3O6S2/c23-18(12-22-7-10-29-19(22)24)20-13-1-3-14(4-2-13)21-30(25,26)15-5-6-16-17(11-15)28-9-8-27-16/h1-6,11,21H,7-10,12H2,(H,20,23). The molecule has 0 atom stereocenters. The number of benzene rings is 2. The lowest BCUT2D eigenvalue weighted by Crippen LogP contribution is -2.33. The summed E-state index contributed by atoms with van der Waals surface area (Å²) >= 11 is 1.19. The van der Waals surface area contributed by atoms with Gasteiger partial charge in [0, 0.05) is 29.7 Å². The van der Waals surface area contributed by atoms with Crippen molar-refractivity contribution in [2.45, 2.75) is 4.90 Å². The lowest BCUT2D eigenvalue weighted by Gasteiger charge is -2.19. The number of anilines is 2. The zero-order valence-electron chi connectivity index (χ0n) is 15.8. The van der Waals surface area contributed by atoms with E-state index in [0.717, 1.165) is 0 Å². The summed E-state index contributed by atoms with van der Waals surface area (Å²) in [7, 11) is -3.82. The van der Waals surface area contributed by atoms with Crippen LogP contribution >= 0.6 is 11.8 Å². The third-order valence-corrected chi connectivity index (χ3v) is 6.70. The molecule has 4 rings (SSSR count). The summed E-state index contributed by atoms with van der Waals surface area (Å²) in [4.78, 5) is 25.2. The second-order valence-electron chi connectivity index (χ2n) is 6.57. The van der Waals surface area contributed by atoms with Gasteiger partial charge in [0.25, 0.3) is 15.3 Å². The molecule has 0 saturated carbocycles. The number of amides is 2. The Morgan fingerprint density at radius 2 is 1.73 bits per heavy atom. The van der Waals surface area contributed by atoms with Crippen LogP contribution in [-0.2, 0) is 14.8 Å². The number of nitrogens with one attached hydrogen (secondary N) is 2. The zero-order chi connectivity index (χ0) is 21.1. The van der Waals surface area contributed by atoms with Crippen molar-refractivity contribution in [1.82, 2.24) is 4.90 Å². The van der Waals surface area contributed by atoms with Crippen LogP contribution < -0.4 is 19.5 Å². The molecule has 2 aliphatic heterocycles. The summed E-state index contributed by atoms with van der Waals surface area (Å²) in [6.07, 6.45) is 0. The minimum absolute atomic E-state index is 0.00960. The van der Waals surface area contributed by atoms with E-state index in [1.807, 2.05) is 0 Å². The van der Waals surface area contributed by atoms with Crippen LogP contribution in [-0.4, -0.2) is 56.5 Å². The van der Waals surface area contributed by atoms with Crippen LogP contribution in [0.5, 0.6) is 11.5 Å². The molecule has 1 saturated heterocycles. The summed E-state index contributed by atoms with van der Waals surface area (Å²) in [6.45, 7) is 1.33. The molecule has 2 aromatic carbocycles. The van der Waals surface area contributed by atoms with E-state index in [1.165, 1.54) is 28.8 Å². The van der Waals surface area contributed by atoms with E-state index in [-0.39, 0.29) is 22.6 Å². The summed E-state index contributed by atoms with van der Waals surface area (Å²) in [5, 5.41) is 2.59. The van der Waals surface area contributed by atoms with Crippen molar-refractivity contribution in [1.29, 1.82) is 0 Å². The van der Waals surface area contributed by atoms with Crippen LogP contribution in [0.15, 0.2) is 47.4 Å². The number of hydrogen-bond donors (Lipinski definition) is 2. The second-order valence-corrected chi connectivity index (χ2v) is 9.30. The van der Waals surface area contributed by atoms with Gasteiger partial charge in [0.05, 0.1) is 4.90 Å². The number of rotatable bonds is 6. The number of hydrogen-bond acceptors (Lipinski definition) is 7. The Hall–Kier alpha value is -2.92. The molecular formula is C19H19N3O6S2. The molecule has 0 aliphatic carbocycles. The summed E-state index contributed by atoms with van der Waals surface area (Å²) in [6, 6.07) is 10.7. The van der Waals surface area contributed by atoms with Crippen molar-refractivity contribution in [3.63, 3.8) is 0 Å². The first-order chi connectivity index (χ1) is 14.4. The quantitative estimate of drug-likeness (QED) is 0.696. The van der Waals surface area contributed by atoms with Crippen LogP contribution in [0.2, 0.25) is 0 Å². The van der Waals surface area contributed by atoms with Gasteiger partial charge in [-0.05, 0) is 36.4 Å². The van der Waals surface area contributed by atoms with Gasteiger partial charge in [-0.15, -0.1) is 0 Å². The van der Waals surface area contributed by atoms with Crippen molar-refractivity contribution >= 4 is 44.3 Å². The second kappa shape index (κ2) is 8.44. The average molecular weight is 450 g/mol. The first kappa shape index (κ1) is 20.4. The maximum Gasteiger partial charge on any atom is 0.282 e. The molecule has 2 aliphatic rings. The van der Waals surface area contributed by atoms with Gasteiger partial charge >= 0.3 is 0 Å². The van der Waals surface area contributed by atoms with E-state index in [0.29, 0.717) is 48.4 Å². The van der Waals surface area contributed by atoms with E-state index >= 15 is 0 Å². The number of carbonyl (C=O) groups is 2.